The minimum absolute atomic E-state index is 0.156. The van der Waals surface area contributed by atoms with E-state index in [4.69, 9.17) is 25.6 Å². The van der Waals surface area contributed by atoms with Gasteiger partial charge in [-0.15, -0.1) is 0 Å². The van der Waals surface area contributed by atoms with Gasteiger partial charge < -0.3 is 14.0 Å². The third kappa shape index (κ3) is 3.68. The van der Waals surface area contributed by atoms with Crippen LogP contribution in [0, 0.1) is 10.1 Å². The molecule has 0 spiro atoms. The molecule has 132 valence electrons. The molecule has 2 rings (SSSR count). The van der Waals surface area contributed by atoms with Gasteiger partial charge in [-0.25, -0.2) is 0 Å². The highest BCUT2D eigenvalue weighted by molar-refractivity contribution is 6.65. The van der Waals surface area contributed by atoms with Gasteiger partial charge in [0, 0.05) is 16.6 Å². The lowest BCUT2D eigenvalue weighted by Gasteiger charge is -2.32. The third-order valence-corrected chi connectivity index (χ3v) is 4.86. The number of benzene rings is 1. The van der Waals surface area contributed by atoms with Crippen molar-refractivity contribution in [2.45, 2.75) is 58.7 Å². The molecule has 24 heavy (non-hydrogen) atoms. The summed E-state index contributed by atoms with van der Waals surface area (Å²) in [5, 5.41) is 11.5. The summed E-state index contributed by atoms with van der Waals surface area (Å²) >= 11 is 6.25. The summed E-state index contributed by atoms with van der Waals surface area (Å²) in [5.74, 6) is 0.183. The fraction of sp³-hybridized carbons (Fsp3) is 0.625. The zero-order valence-electron chi connectivity index (χ0n) is 14.7. The Kier molecular flexibility index (Phi) is 5.47. The van der Waals surface area contributed by atoms with E-state index in [0.717, 1.165) is 12.8 Å². The normalized spacial score (nSPS) is 18.7. The van der Waals surface area contributed by atoms with Crippen LogP contribution in [0.1, 0.15) is 47.5 Å². The van der Waals surface area contributed by atoms with Gasteiger partial charge in [0.05, 0.1) is 22.7 Å². The van der Waals surface area contributed by atoms with Crippen LogP contribution in [0.4, 0.5) is 5.69 Å². The van der Waals surface area contributed by atoms with Crippen molar-refractivity contribution in [3.63, 3.8) is 0 Å². The minimum Gasteiger partial charge on any atom is -0.487 e. The van der Waals surface area contributed by atoms with Crippen molar-refractivity contribution in [1.29, 1.82) is 0 Å². The summed E-state index contributed by atoms with van der Waals surface area (Å²) in [6.45, 7) is 10.2. The molecule has 0 radical (unpaired) electrons. The first kappa shape index (κ1) is 19.0. The van der Waals surface area contributed by atoms with Gasteiger partial charge in [-0.05, 0) is 40.2 Å². The first-order valence-corrected chi connectivity index (χ1v) is 8.43. The average Bonchev–Trinajstić information content (AvgIpc) is 2.68. The molecule has 0 aliphatic carbocycles. The zero-order valence-corrected chi connectivity index (χ0v) is 15.5. The van der Waals surface area contributed by atoms with Gasteiger partial charge >= 0.3 is 12.8 Å². The predicted molar refractivity (Wildman–Crippen MR) is 94.2 cm³/mol. The van der Waals surface area contributed by atoms with E-state index >= 15 is 0 Å². The molecule has 0 amide bonds. The Labute approximate surface area is 147 Å². The van der Waals surface area contributed by atoms with E-state index in [-0.39, 0.29) is 16.5 Å². The van der Waals surface area contributed by atoms with Crippen molar-refractivity contribution >= 4 is 29.9 Å². The summed E-state index contributed by atoms with van der Waals surface area (Å²) in [6.07, 6.45) is 1.75. The first-order valence-electron chi connectivity index (χ1n) is 8.05. The standard InChI is InChI=1S/C16H23BClNO5/c1-6-7-8-22-14-9-11(12(18)10-13(14)19(20)21)17-23-15(2,3)16(4,5)24-17/h9-10H,6-8H2,1-5H3. The Morgan fingerprint density at radius 2 is 1.83 bits per heavy atom. The maximum Gasteiger partial charge on any atom is 0.496 e. The monoisotopic (exact) mass is 355 g/mol. The highest BCUT2D eigenvalue weighted by Crippen LogP contribution is 2.38. The first-order chi connectivity index (χ1) is 11.1. The number of nitro benzene ring substituents is 1. The number of unbranched alkanes of at least 4 members (excludes halogenated alkanes) is 1. The highest BCUT2D eigenvalue weighted by Gasteiger charge is 2.52. The number of hydrogen-bond donors (Lipinski definition) is 0. The molecule has 1 aromatic carbocycles. The van der Waals surface area contributed by atoms with Crippen LogP contribution >= 0.6 is 11.6 Å². The van der Waals surface area contributed by atoms with E-state index in [1.54, 1.807) is 6.07 Å². The van der Waals surface area contributed by atoms with E-state index in [2.05, 4.69) is 0 Å². The molecule has 1 saturated heterocycles. The van der Waals surface area contributed by atoms with E-state index in [9.17, 15) is 10.1 Å². The average molecular weight is 356 g/mol. The lowest BCUT2D eigenvalue weighted by atomic mass is 9.78. The molecule has 8 heteroatoms. The van der Waals surface area contributed by atoms with Gasteiger partial charge in [-0.3, -0.25) is 10.1 Å². The molecule has 0 atom stereocenters. The van der Waals surface area contributed by atoms with Crippen molar-refractivity contribution in [3.05, 3.63) is 27.3 Å². The van der Waals surface area contributed by atoms with E-state index in [1.807, 2.05) is 34.6 Å². The van der Waals surface area contributed by atoms with Crippen molar-refractivity contribution in [2.24, 2.45) is 0 Å². The molecule has 1 aliphatic rings. The van der Waals surface area contributed by atoms with Crippen molar-refractivity contribution in [1.82, 2.24) is 0 Å². The Bertz CT molecular complexity index is 619. The molecule has 1 heterocycles. The zero-order chi connectivity index (χ0) is 18.1. The molecule has 0 bridgehead atoms. The lowest BCUT2D eigenvalue weighted by Crippen LogP contribution is -2.41. The van der Waals surface area contributed by atoms with E-state index < -0.39 is 23.2 Å². The molecular weight excluding hydrogens is 332 g/mol. The SMILES string of the molecule is CCCCOc1cc(B2OC(C)(C)C(C)(C)O2)c(Cl)cc1[N+](=O)[O-]. The second-order valence-corrected chi connectivity index (χ2v) is 7.30. The molecule has 1 fully saturated rings. The molecule has 0 N–H and O–H groups in total. The number of rotatable bonds is 6. The molecule has 0 saturated carbocycles. The summed E-state index contributed by atoms with van der Waals surface area (Å²) < 4.78 is 17.5. The summed E-state index contributed by atoms with van der Waals surface area (Å²) in [4.78, 5) is 10.8. The Morgan fingerprint density at radius 3 is 2.33 bits per heavy atom. The van der Waals surface area contributed by atoms with Crippen LogP contribution in [0.15, 0.2) is 12.1 Å². The summed E-state index contributed by atoms with van der Waals surface area (Å²) in [6, 6.07) is 2.85. The fourth-order valence-corrected chi connectivity index (χ4v) is 2.54. The van der Waals surface area contributed by atoms with Gasteiger partial charge in [-0.2, -0.15) is 0 Å². The van der Waals surface area contributed by atoms with Crippen LogP contribution < -0.4 is 10.2 Å². The van der Waals surface area contributed by atoms with Crippen LogP contribution in [0.2, 0.25) is 5.02 Å². The number of halogens is 1. The summed E-state index contributed by atoms with van der Waals surface area (Å²) in [7, 11) is -0.697. The predicted octanol–water partition coefficient (Wildman–Crippen LogP) is 3.73. The second kappa shape index (κ2) is 6.90. The van der Waals surface area contributed by atoms with Gasteiger partial charge in [0.25, 0.3) is 0 Å². The maximum absolute atomic E-state index is 11.2. The largest absolute Gasteiger partial charge is 0.496 e. The second-order valence-electron chi connectivity index (χ2n) is 6.89. The Morgan fingerprint density at radius 1 is 1.25 bits per heavy atom. The number of hydrogen-bond acceptors (Lipinski definition) is 5. The molecule has 6 nitrogen and oxygen atoms in total. The topological polar surface area (TPSA) is 70.8 Å². The number of nitrogens with zero attached hydrogens (tertiary/aromatic N) is 1. The van der Waals surface area contributed by atoms with Gasteiger partial charge in [0.15, 0.2) is 5.75 Å². The molecule has 0 unspecified atom stereocenters. The molecule has 0 aromatic heterocycles. The van der Waals surface area contributed by atoms with Gasteiger partial charge in [0.2, 0.25) is 0 Å². The van der Waals surface area contributed by atoms with Gasteiger partial charge in [0.1, 0.15) is 0 Å². The van der Waals surface area contributed by atoms with Crippen LogP contribution in [0.25, 0.3) is 0 Å². The Balaban J connectivity index is 2.37. The number of nitro groups is 1. The molecule has 1 aromatic rings. The Hall–Kier alpha value is -1.31. The fourth-order valence-electron chi connectivity index (χ4n) is 2.29. The maximum atomic E-state index is 11.2. The molecule has 1 aliphatic heterocycles. The van der Waals surface area contributed by atoms with E-state index in [0.29, 0.717) is 12.1 Å². The lowest BCUT2D eigenvalue weighted by molar-refractivity contribution is -0.385. The van der Waals surface area contributed by atoms with Crippen LogP contribution in [0.5, 0.6) is 5.75 Å². The third-order valence-electron chi connectivity index (χ3n) is 4.54. The van der Waals surface area contributed by atoms with Crippen molar-refractivity contribution in [3.8, 4) is 5.75 Å². The highest BCUT2D eigenvalue weighted by atomic mass is 35.5. The quantitative estimate of drug-likeness (QED) is 0.336. The van der Waals surface area contributed by atoms with Crippen molar-refractivity contribution in [2.75, 3.05) is 6.61 Å². The smallest absolute Gasteiger partial charge is 0.487 e. The van der Waals surface area contributed by atoms with Crippen LogP contribution in [0.3, 0.4) is 0 Å². The van der Waals surface area contributed by atoms with Crippen LogP contribution in [-0.4, -0.2) is 29.9 Å². The minimum atomic E-state index is -0.697. The summed E-state index contributed by atoms with van der Waals surface area (Å²) in [5.41, 5.74) is -0.665. The molecular formula is C16H23BClNO5. The van der Waals surface area contributed by atoms with E-state index in [1.165, 1.54) is 6.07 Å². The van der Waals surface area contributed by atoms with Crippen molar-refractivity contribution < 1.29 is 19.0 Å². The van der Waals surface area contributed by atoms with Gasteiger partial charge in [-0.1, -0.05) is 24.9 Å². The van der Waals surface area contributed by atoms with Crippen LogP contribution in [-0.2, 0) is 9.31 Å². The number of ether oxygens (including phenoxy) is 1.